The van der Waals surface area contributed by atoms with Gasteiger partial charge in [-0.15, -0.1) is 0 Å². The van der Waals surface area contributed by atoms with E-state index in [1.165, 1.54) is 16.7 Å². The predicted octanol–water partition coefficient (Wildman–Crippen LogP) is 3.79. The largest absolute Gasteiger partial charge is 0.264 e. The van der Waals surface area contributed by atoms with Crippen molar-refractivity contribution in [1.82, 2.24) is 4.98 Å². The summed E-state index contributed by atoms with van der Waals surface area (Å²) in [5.74, 6) is 0. The molecule has 1 aromatic carbocycles. The molecule has 1 nitrogen and oxygen atoms in total. The molecule has 0 radical (unpaired) electrons. The van der Waals surface area contributed by atoms with Crippen LogP contribution in [0.3, 0.4) is 0 Å². The van der Waals surface area contributed by atoms with Crippen LogP contribution in [-0.4, -0.2) is 4.98 Å². The van der Waals surface area contributed by atoms with E-state index < -0.39 is 0 Å². The minimum atomic E-state index is 0.956. The molecule has 2 aromatic rings. The highest BCUT2D eigenvalue weighted by molar-refractivity contribution is 5.28. The molecule has 1 aromatic heterocycles. The minimum absolute atomic E-state index is 0.956. The van der Waals surface area contributed by atoms with Gasteiger partial charge >= 0.3 is 0 Å². The van der Waals surface area contributed by atoms with Crippen molar-refractivity contribution in [2.75, 3.05) is 0 Å². The summed E-state index contributed by atoms with van der Waals surface area (Å²) in [6, 6.07) is 12.9. The Hall–Kier alpha value is -1.89. The van der Waals surface area contributed by atoms with Crippen LogP contribution >= 0.6 is 0 Å². The first-order chi connectivity index (χ1) is 8.38. The maximum atomic E-state index is 4.13. The number of pyridine rings is 1. The molecule has 1 heterocycles. The Morgan fingerprint density at radius 3 is 2.41 bits per heavy atom. The smallest absolute Gasteiger partial charge is 0.0303 e. The SMILES string of the molecule is C/C=C/Cc1ccc(Cc2cccnc2)cc1. The number of hydrogen-bond acceptors (Lipinski definition) is 1. The van der Waals surface area contributed by atoms with E-state index in [1.807, 2.05) is 18.5 Å². The van der Waals surface area contributed by atoms with Crippen molar-refractivity contribution in [2.45, 2.75) is 19.8 Å². The molecule has 86 valence electrons. The quantitative estimate of drug-likeness (QED) is 0.719. The van der Waals surface area contributed by atoms with Gasteiger partial charge < -0.3 is 0 Å². The fourth-order valence-corrected chi connectivity index (χ4v) is 1.79. The molecule has 0 bridgehead atoms. The van der Waals surface area contributed by atoms with Gasteiger partial charge in [-0.2, -0.15) is 0 Å². The molecule has 0 aliphatic heterocycles. The zero-order valence-electron chi connectivity index (χ0n) is 10.1. The first-order valence-corrected chi connectivity index (χ1v) is 5.96. The van der Waals surface area contributed by atoms with Crippen LogP contribution in [0.2, 0.25) is 0 Å². The first kappa shape index (κ1) is 11.6. The fourth-order valence-electron chi connectivity index (χ4n) is 1.79. The Kier molecular flexibility index (Phi) is 4.09. The molecule has 0 N–H and O–H groups in total. The van der Waals surface area contributed by atoms with E-state index in [4.69, 9.17) is 0 Å². The van der Waals surface area contributed by atoms with E-state index in [2.05, 4.69) is 54.4 Å². The molecule has 0 atom stereocenters. The van der Waals surface area contributed by atoms with Crippen molar-refractivity contribution in [3.63, 3.8) is 0 Å². The normalized spacial score (nSPS) is 10.9. The molecule has 1 heteroatoms. The van der Waals surface area contributed by atoms with Crippen molar-refractivity contribution in [2.24, 2.45) is 0 Å². The summed E-state index contributed by atoms with van der Waals surface area (Å²) in [7, 11) is 0. The van der Waals surface area contributed by atoms with Crippen LogP contribution in [-0.2, 0) is 12.8 Å². The number of rotatable bonds is 4. The van der Waals surface area contributed by atoms with Gasteiger partial charge in [-0.25, -0.2) is 0 Å². The Labute approximate surface area is 103 Å². The summed E-state index contributed by atoms with van der Waals surface area (Å²) in [5.41, 5.74) is 3.95. The van der Waals surface area contributed by atoms with Crippen molar-refractivity contribution in [1.29, 1.82) is 0 Å². The Morgan fingerprint density at radius 1 is 1.00 bits per heavy atom. The second-order valence-corrected chi connectivity index (χ2v) is 4.13. The zero-order valence-corrected chi connectivity index (χ0v) is 10.1. The molecule has 0 amide bonds. The summed E-state index contributed by atoms with van der Waals surface area (Å²) in [4.78, 5) is 4.13. The average Bonchev–Trinajstić information content (AvgIpc) is 2.39. The summed E-state index contributed by atoms with van der Waals surface area (Å²) in [5, 5.41) is 0. The van der Waals surface area contributed by atoms with Crippen LogP contribution in [0.25, 0.3) is 0 Å². The van der Waals surface area contributed by atoms with Gasteiger partial charge in [0.15, 0.2) is 0 Å². The number of allylic oxidation sites excluding steroid dienone is 2. The van der Waals surface area contributed by atoms with Crippen LogP contribution in [0.15, 0.2) is 60.9 Å². The molecule has 0 aliphatic carbocycles. The lowest BCUT2D eigenvalue weighted by molar-refractivity contribution is 1.14. The van der Waals surface area contributed by atoms with Crippen molar-refractivity contribution >= 4 is 0 Å². The van der Waals surface area contributed by atoms with Crippen LogP contribution in [0.4, 0.5) is 0 Å². The fraction of sp³-hybridized carbons (Fsp3) is 0.188. The maximum Gasteiger partial charge on any atom is 0.0303 e. The van der Waals surface area contributed by atoms with E-state index in [9.17, 15) is 0 Å². The van der Waals surface area contributed by atoms with E-state index in [0.29, 0.717) is 0 Å². The minimum Gasteiger partial charge on any atom is -0.264 e. The lowest BCUT2D eigenvalue weighted by Gasteiger charge is -2.02. The Balaban J connectivity index is 2.03. The van der Waals surface area contributed by atoms with Crippen molar-refractivity contribution in [3.8, 4) is 0 Å². The molecule has 0 saturated heterocycles. The molecule has 0 fully saturated rings. The summed E-state index contributed by atoms with van der Waals surface area (Å²) in [6.45, 7) is 2.05. The molecule has 17 heavy (non-hydrogen) atoms. The van der Waals surface area contributed by atoms with Crippen molar-refractivity contribution < 1.29 is 0 Å². The van der Waals surface area contributed by atoms with Gasteiger partial charge in [-0.1, -0.05) is 42.5 Å². The van der Waals surface area contributed by atoms with Crippen molar-refractivity contribution in [3.05, 3.63) is 77.6 Å². The summed E-state index contributed by atoms with van der Waals surface area (Å²) >= 11 is 0. The van der Waals surface area contributed by atoms with Gasteiger partial charge in [0.05, 0.1) is 0 Å². The van der Waals surface area contributed by atoms with Crippen LogP contribution in [0.1, 0.15) is 23.6 Å². The van der Waals surface area contributed by atoms with E-state index in [-0.39, 0.29) is 0 Å². The molecule has 0 spiro atoms. The van der Waals surface area contributed by atoms with Gasteiger partial charge in [-0.05, 0) is 42.5 Å². The lowest BCUT2D eigenvalue weighted by Crippen LogP contribution is -1.89. The zero-order chi connectivity index (χ0) is 11.9. The van der Waals surface area contributed by atoms with Gasteiger partial charge in [0.25, 0.3) is 0 Å². The number of nitrogens with zero attached hydrogens (tertiary/aromatic N) is 1. The predicted molar refractivity (Wildman–Crippen MR) is 72.0 cm³/mol. The lowest BCUT2D eigenvalue weighted by atomic mass is 10.0. The third-order valence-electron chi connectivity index (χ3n) is 2.74. The number of benzene rings is 1. The second kappa shape index (κ2) is 6.00. The van der Waals surface area contributed by atoms with E-state index >= 15 is 0 Å². The van der Waals surface area contributed by atoms with Gasteiger partial charge in [0, 0.05) is 12.4 Å². The monoisotopic (exact) mass is 223 g/mol. The highest BCUT2D eigenvalue weighted by Crippen LogP contribution is 2.10. The van der Waals surface area contributed by atoms with Gasteiger partial charge in [0.2, 0.25) is 0 Å². The summed E-state index contributed by atoms with van der Waals surface area (Å²) in [6.07, 6.45) is 9.97. The maximum absolute atomic E-state index is 4.13. The number of hydrogen-bond donors (Lipinski definition) is 0. The molecule has 0 saturated carbocycles. The van der Waals surface area contributed by atoms with E-state index in [1.54, 1.807) is 0 Å². The summed E-state index contributed by atoms with van der Waals surface area (Å²) < 4.78 is 0. The van der Waals surface area contributed by atoms with E-state index in [0.717, 1.165) is 12.8 Å². The standard InChI is InChI=1S/C16H17N/c1-2-3-5-14-7-9-15(10-8-14)12-16-6-4-11-17-13-16/h2-4,6-11,13H,5,12H2,1H3/b3-2+. The highest BCUT2D eigenvalue weighted by atomic mass is 14.6. The van der Waals surface area contributed by atoms with Gasteiger partial charge in [0.1, 0.15) is 0 Å². The average molecular weight is 223 g/mol. The molecular weight excluding hydrogens is 206 g/mol. The van der Waals surface area contributed by atoms with Crippen LogP contribution in [0.5, 0.6) is 0 Å². The topological polar surface area (TPSA) is 12.9 Å². The second-order valence-electron chi connectivity index (χ2n) is 4.13. The van der Waals surface area contributed by atoms with Crippen LogP contribution in [0, 0.1) is 0 Å². The highest BCUT2D eigenvalue weighted by Gasteiger charge is 1.96. The van der Waals surface area contributed by atoms with Gasteiger partial charge in [-0.3, -0.25) is 4.98 Å². The molecule has 0 aliphatic rings. The Bertz CT molecular complexity index is 469. The third kappa shape index (κ3) is 3.56. The Morgan fingerprint density at radius 2 is 1.76 bits per heavy atom. The van der Waals surface area contributed by atoms with Crippen LogP contribution < -0.4 is 0 Å². The molecular formula is C16H17N. The third-order valence-corrected chi connectivity index (χ3v) is 2.74. The number of aromatic nitrogens is 1. The molecule has 2 rings (SSSR count). The first-order valence-electron chi connectivity index (χ1n) is 5.96. The molecule has 0 unspecified atom stereocenters.